The third-order valence-corrected chi connectivity index (χ3v) is 3.11. The molecule has 0 aliphatic carbocycles. The molecule has 4 atom stereocenters. The Balaban J connectivity index is 2.77. The van der Waals surface area contributed by atoms with E-state index in [0.717, 1.165) is 12.0 Å². The minimum absolute atomic E-state index is 0.426. The summed E-state index contributed by atoms with van der Waals surface area (Å²) < 4.78 is 10.8. The average molecular weight is 300 g/mol. The minimum atomic E-state index is -1.29. The molecule has 0 amide bonds. The van der Waals surface area contributed by atoms with E-state index >= 15 is 0 Å². The van der Waals surface area contributed by atoms with E-state index in [9.17, 15) is 10.2 Å². The Morgan fingerprint density at radius 1 is 1.05 bits per heavy atom. The molecule has 0 saturated carbocycles. The molecule has 0 radical (unpaired) electrons. The molecule has 1 rings (SSSR count). The van der Waals surface area contributed by atoms with Crippen molar-refractivity contribution in [2.45, 2.75) is 44.9 Å². The molecule has 4 N–H and O–H groups in total. The number of hydrogen-bond donors (Lipinski definition) is 4. The molecule has 0 aliphatic heterocycles. The van der Waals surface area contributed by atoms with Gasteiger partial charge in [-0.15, -0.1) is 0 Å². The first-order chi connectivity index (χ1) is 10.0. The first-order valence-corrected chi connectivity index (χ1v) is 7.00. The Morgan fingerprint density at radius 3 is 2.10 bits per heavy atom. The average Bonchev–Trinajstić information content (AvgIpc) is 2.50. The molecule has 0 saturated heterocycles. The fourth-order valence-electron chi connectivity index (χ4n) is 1.70. The van der Waals surface area contributed by atoms with Crippen LogP contribution in [0.3, 0.4) is 0 Å². The molecule has 0 bridgehead atoms. The predicted molar refractivity (Wildman–Crippen MR) is 77.0 cm³/mol. The van der Waals surface area contributed by atoms with Crippen molar-refractivity contribution in [1.29, 1.82) is 0 Å². The van der Waals surface area contributed by atoms with Crippen molar-refractivity contribution in [3.05, 3.63) is 29.8 Å². The summed E-state index contributed by atoms with van der Waals surface area (Å²) in [5.74, 6) is 0.465. The van der Waals surface area contributed by atoms with Crippen molar-refractivity contribution in [2.24, 2.45) is 0 Å². The molecule has 0 fully saturated rings. The summed E-state index contributed by atoms with van der Waals surface area (Å²) in [5, 5.41) is 37.4. The number of aliphatic hydroxyl groups excluding tert-OH is 4. The molecule has 120 valence electrons. The van der Waals surface area contributed by atoms with E-state index in [1.54, 1.807) is 12.1 Å². The summed E-state index contributed by atoms with van der Waals surface area (Å²) in [6.45, 7) is 2.51. The molecule has 0 spiro atoms. The smallest absolute Gasteiger partial charge is 0.228 e. The van der Waals surface area contributed by atoms with Crippen molar-refractivity contribution in [3.8, 4) is 5.75 Å². The van der Waals surface area contributed by atoms with Crippen molar-refractivity contribution >= 4 is 0 Å². The van der Waals surface area contributed by atoms with Crippen molar-refractivity contribution in [1.82, 2.24) is 0 Å². The van der Waals surface area contributed by atoms with Gasteiger partial charge < -0.3 is 29.9 Å². The Morgan fingerprint density at radius 2 is 1.67 bits per heavy atom. The monoisotopic (exact) mass is 300 g/mol. The van der Waals surface area contributed by atoms with Crippen molar-refractivity contribution < 1.29 is 29.9 Å². The number of rotatable bonds is 9. The second-order valence-electron chi connectivity index (χ2n) is 4.83. The lowest BCUT2D eigenvalue weighted by Crippen LogP contribution is -2.43. The number of hydrogen-bond acceptors (Lipinski definition) is 6. The fraction of sp³-hybridized carbons (Fsp3) is 0.600. The molecule has 6 heteroatoms. The molecule has 4 unspecified atom stereocenters. The number of aliphatic hydroxyl groups is 4. The van der Waals surface area contributed by atoms with E-state index in [1.807, 2.05) is 19.1 Å². The summed E-state index contributed by atoms with van der Waals surface area (Å²) in [4.78, 5) is 0. The first-order valence-electron chi connectivity index (χ1n) is 7.00. The van der Waals surface area contributed by atoms with Crippen LogP contribution in [0.1, 0.15) is 19.4 Å². The van der Waals surface area contributed by atoms with Crippen molar-refractivity contribution in [2.75, 3.05) is 13.2 Å². The van der Waals surface area contributed by atoms with Gasteiger partial charge in [0.2, 0.25) is 6.29 Å². The molecule has 1 aromatic carbocycles. The molecular weight excluding hydrogens is 276 g/mol. The topological polar surface area (TPSA) is 99.4 Å². The molecule has 0 aliphatic rings. The third-order valence-electron chi connectivity index (χ3n) is 3.11. The van der Waals surface area contributed by atoms with Crippen LogP contribution in [-0.4, -0.2) is 58.2 Å². The van der Waals surface area contributed by atoms with E-state index in [-0.39, 0.29) is 0 Å². The number of ether oxygens (including phenoxy) is 2. The van der Waals surface area contributed by atoms with E-state index in [2.05, 4.69) is 0 Å². The highest BCUT2D eigenvalue weighted by Crippen LogP contribution is 2.17. The van der Waals surface area contributed by atoms with Crippen LogP contribution in [0.25, 0.3) is 0 Å². The largest absolute Gasteiger partial charge is 0.462 e. The predicted octanol–water partition coefficient (Wildman–Crippen LogP) is 0.0654. The molecular formula is C15H24O6. The van der Waals surface area contributed by atoms with Gasteiger partial charge in [-0.1, -0.05) is 19.1 Å². The maximum Gasteiger partial charge on any atom is 0.228 e. The van der Waals surface area contributed by atoms with Gasteiger partial charge in [0.15, 0.2) is 0 Å². The van der Waals surface area contributed by atoms with E-state index in [1.165, 1.54) is 6.92 Å². The maximum atomic E-state index is 9.74. The Hall–Kier alpha value is -1.18. The molecule has 6 nitrogen and oxygen atoms in total. The van der Waals surface area contributed by atoms with Gasteiger partial charge in [-0.25, -0.2) is 0 Å². The van der Waals surface area contributed by atoms with E-state index in [0.29, 0.717) is 5.75 Å². The highest BCUT2D eigenvalue weighted by molar-refractivity contribution is 5.27. The zero-order valence-electron chi connectivity index (χ0n) is 12.3. The lowest BCUT2D eigenvalue weighted by Gasteiger charge is -2.28. The summed E-state index contributed by atoms with van der Waals surface area (Å²) in [6.07, 6.45) is -3.42. The minimum Gasteiger partial charge on any atom is -0.462 e. The highest BCUT2D eigenvalue weighted by Gasteiger charge is 2.27. The van der Waals surface area contributed by atoms with Gasteiger partial charge in [0, 0.05) is 0 Å². The third kappa shape index (κ3) is 5.61. The lowest BCUT2D eigenvalue weighted by molar-refractivity contribution is -0.205. The first kappa shape index (κ1) is 17.9. The lowest BCUT2D eigenvalue weighted by atomic mass is 10.2. The number of benzene rings is 1. The second kappa shape index (κ2) is 8.96. The Kier molecular flexibility index (Phi) is 7.63. The quantitative estimate of drug-likeness (QED) is 0.482. The van der Waals surface area contributed by atoms with E-state index < -0.39 is 37.8 Å². The van der Waals surface area contributed by atoms with Gasteiger partial charge in [-0.2, -0.15) is 0 Å². The van der Waals surface area contributed by atoms with Gasteiger partial charge in [0.25, 0.3) is 0 Å². The van der Waals surface area contributed by atoms with Gasteiger partial charge in [0.05, 0.1) is 19.3 Å². The van der Waals surface area contributed by atoms with E-state index in [4.69, 9.17) is 19.7 Å². The molecule has 1 aromatic rings. The fourth-order valence-corrected chi connectivity index (χ4v) is 1.70. The van der Waals surface area contributed by atoms with Crippen LogP contribution in [0.5, 0.6) is 5.75 Å². The SMILES string of the molecule is CCc1ccc(OC(OC(CO)C(C)O)C(O)CO)cc1. The van der Waals surface area contributed by atoms with Crippen LogP contribution in [0.4, 0.5) is 0 Å². The number of aryl methyl sites for hydroxylation is 1. The molecule has 21 heavy (non-hydrogen) atoms. The van der Waals surface area contributed by atoms with Crippen LogP contribution in [0.2, 0.25) is 0 Å². The Labute approximate surface area is 124 Å². The molecule has 0 aromatic heterocycles. The van der Waals surface area contributed by atoms with Crippen molar-refractivity contribution in [3.63, 3.8) is 0 Å². The van der Waals surface area contributed by atoms with Crippen LogP contribution in [-0.2, 0) is 11.2 Å². The van der Waals surface area contributed by atoms with Gasteiger partial charge >= 0.3 is 0 Å². The summed E-state index contributed by atoms with van der Waals surface area (Å²) >= 11 is 0. The second-order valence-corrected chi connectivity index (χ2v) is 4.83. The Bertz CT molecular complexity index is 392. The van der Waals surface area contributed by atoms with Gasteiger partial charge in [0.1, 0.15) is 18.0 Å². The highest BCUT2D eigenvalue weighted by atomic mass is 16.7. The summed E-state index contributed by atoms with van der Waals surface area (Å²) in [6, 6.07) is 7.23. The van der Waals surface area contributed by atoms with Crippen LogP contribution >= 0.6 is 0 Å². The zero-order chi connectivity index (χ0) is 15.8. The van der Waals surface area contributed by atoms with Crippen LogP contribution < -0.4 is 4.74 Å². The normalized spacial score (nSPS) is 17.0. The summed E-state index contributed by atoms with van der Waals surface area (Å²) in [7, 11) is 0. The van der Waals surface area contributed by atoms with Crippen LogP contribution in [0, 0.1) is 0 Å². The van der Waals surface area contributed by atoms with Gasteiger partial charge in [-0.3, -0.25) is 0 Å². The maximum absolute atomic E-state index is 9.74. The standard InChI is InChI=1S/C15H24O6/c1-3-11-4-6-12(7-5-11)20-15(13(19)8-16)21-14(9-17)10(2)18/h4-7,10,13-19H,3,8-9H2,1-2H3. The molecule has 0 heterocycles. The zero-order valence-corrected chi connectivity index (χ0v) is 12.3. The van der Waals surface area contributed by atoms with Gasteiger partial charge in [-0.05, 0) is 31.0 Å². The van der Waals surface area contributed by atoms with Crippen LogP contribution in [0.15, 0.2) is 24.3 Å². The summed E-state index contributed by atoms with van der Waals surface area (Å²) in [5.41, 5.74) is 1.14.